The first-order chi connectivity index (χ1) is 22.4. The van der Waals surface area contributed by atoms with Crippen LogP contribution >= 0.6 is 0 Å². The first-order valence-electron chi connectivity index (χ1n) is 15.0. The fourth-order valence-electron chi connectivity index (χ4n) is 5.52. The van der Waals surface area contributed by atoms with Gasteiger partial charge in [0.05, 0.1) is 23.4 Å². The highest BCUT2D eigenvalue weighted by Gasteiger charge is 2.58. The Labute approximate surface area is 271 Å². The molecule has 14 heteroatoms. The molecule has 2 aromatic carbocycles. The summed E-state index contributed by atoms with van der Waals surface area (Å²) in [5.74, 6) is -2.82. The van der Waals surface area contributed by atoms with Gasteiger partial charge in [-0.05, 0) is 80.8 Å². The van der Waals surface area contributed by atoms with Crippen molar-refractivity contribution in [3.8, 4) is 17.0 Å². The molecule has 0 spiro atoms. The van der Waals surface area contributed by atoms with E-state index in [1.165, 1.54) is 31.2 Å². The van der Waals surface area contributed by atoms with E-state index in [2.05, 4.69) is 20.6 Å². The Kier molecular flexibility index (Phi) is 7.69. The zero-order valence-corrected chi connectivity index (χ0v) is 26.1. The second-order valence-electron chi connectivity index (χ2n) is 12.9. The van der Waals surface area contributed by atoms with Gasteiger partial charge >= 0.3 is 6.18 Å². The Morgan fingerprint density at radius 1 is 1.06 bits per heavy atom. The van der Waals surface area contributed by atoms with Crippen LogP contribution in [0.2, 0.25) is 0 Å². The number of amides is 3. The number of rotatable bonds is 8. The summed E-state index contributed by atoms with van der Waals surface area (Å²) in [5, 5.41) is 16.8. The van der Waals surface area contributed by atoms with Crippen LogP contribution in [0, 0.1) is 18.2 Å². The minimum Gasteiger partial charge on any atom is -0.489 e. The van der Waals surface area contributed by atoms with Crippen molar-refractivity contribution in [1.29, 1.82) is 0 Å². The van der Waals surface area contributed by atoms with Gasteiger partial charge in [-0.25, -0.2) is 9.37 Å². The van der Waals surface area contributed by atoms with E-state index in [1.54, 1.807) is 26.1 Å². The summed E-state index contributed by atoms with van der Waals surface area (Å²) in [6, 6.07) is 9.98. The summed E-state index contributed by atoms with van der Waals surface area (Å²) in [6.07, 6.45) is -2.45. The van der Waals surface area contributed by atoms with Crippen LogP contribution < -0.4 is 21.1 Å². The van der Waals surface area contributed by atoms with Crippen molar-refractivity contribution >= 4 is 34.3 Å². The number of nitrogens with zero attached hydrogens (tertiary/aromatic N) is 2. The molecule has 1 saturated carbocycles. The van der Waals surface area contributed by atoms with Crippen LogP contribution in [0.3, 0.4) is 0 Å². The molecule has 3 heterocycles. The van der Waals surface area contributed by atoms with Crippen LogP contribution in [-0.2, 0) is 20.6 Å². The summed E-state index contributed by atoms with van der Waals surface area (Å²) in [7, 11) is 0. The molecular weight excluding hydrogens is 634 g/mol. The first-order valence-corrected chi connectivity index (χ1v) is 15.0. The molecule has 3 amide bonds. The molecule has 4 aromatic rings. The maximum atomic E-state index is 14.8. The van der Waals surface area contributed by atoms with Crippen LogP contribution in [0.5, 0.6) is 5.75 Å². The van der Waals surface area contributed by atoms with Gasteiger partial charge in [0, 0.05) is 33.7 Å². The molecule has 5 N–H and O–H groups in total. The number of nitrogens with one attached hydrogen (secondary N) is 2. The molecule has 0 unspecified atom stereocenters. The number of carbonyl (C=O) groups excluding carboxylic acids is 3. The zero-order valence-electron chi connectivity index (χ0n) is 26.1. The van der Waals surface area contributed by atoms with Gasteiger partial charge in [-0.1, -0.05) is 6.92 Å². The normalized spacial score (nSPS) is 19.2. The van der Waals surface area contributed by atoms with Crippen LogP contribution in [0.4, 0.5) is 23.2 Å². The molecule has 0 bridgehead atoms. The lowest BCUT2D eigenvalue weighted by atomic mass is 9.81. The SMILES string of the molecule is Cc1cnc2c(NC(=O)C3(C)CC3)cc(C(=O)NC[C@](O)(c3cc4c(c(-c5ccc(F)cc5)n3)OC[C@]4(C)C(N)=O)C(F)(F)F)cc2c1. The number of anilines is 1. The van der Waals surface area contributed by atoms with Gasteiger partial charge in [0.1, 0.15) is 29.3 Å². The molecule has 1 aliphatic carbocycles. The number of aromatic nitrogens is 2. The molecule has 250 valence electrons. The number of pyridine rings is 2. The van der Waals surface area contributed by atoms with E-state index in [0.717, 1.165) is 23.8 Å². The lowest BCUT2D eigenvalue weighted by molar-refractivity contribution is -0.265. The third-order valence-electron chi connectivity index (χ3n) is 9.11. The minimum atomic E-state index is -5.40. The molecule has 48 heavy (non-hydrogen) atoms. The fraction of sp³-hybridized carbons (Fsp3) is 0.324. The van der Waals surface area contributed by atoms with Crippen molar-refractivity contribution in [2.75, 3.05) is 18.5 Å². The van der Waals surface area contributed by atoms with E-state index in [4.69, 9.17) is 10.5 Å². The third-order valence-corrected chi connectivity index (χ3v) is 9.11. The minimum absolute atomic E-state index is 0.0464. The molecule has 1 aliphatic heterocycles. The predicted octanol–water partition coefficient (Wildman–Crippen LogP) is 4.80. The number of aliphatic hydroxyl groups is 1. The van der Waals surface area contributed by atoms with Crippen LogP contribution in [0.25, 0.3) is 22.2 Å². The number of primary amides is 1. The van der Waals surface area contributed by atoms with Crippen LogP contribution in [0.15, 0.2) is 54.7 Å². The Morgan fingerprint density at radius 2 is 1.75 bits per heavy atom. The van der Waals surface area contributed by atoms with Gasteiger partial charge in [0.15, 0.2) is 0 Å². The van der Waals surface area contributed by atoms with Gasteiger partial charge < -0.3 is 26.2 Å². The summed E-state index contributed by atoms with van der Waals surface area (Å²) in [5.41, 5.74) is -0.134. The summed E-state index contributed by atoms with van der Waals surface area (Å²) >= 11 is 0. The number of aryl methyl sites for hydroxylation is 1. The number of ether oxygens (including phenoxy) is 1. The number of nitrogens with two attached hydrogens (primary N) is 1. The molecule has 2 aliphatic rings. The van der Waals surface area contributed by atoms with Crippen molar-refractivity contribution in [2.24, 2.45) is 11.1 Å². The third kappa shape index (κ3) is 5.59. The smallest absolute Gasteiger partial charge is 0.424 e. The first kappa shape index (κ1) is 32.8. The largest absolute Gasteiger partial charge is 0.489 e. The molecular formula is C34H31F4N5O5. The second kappa shape index (κ2) is 11.3. The van der Waals surface area contributed by atoms with Crippen molar-refractivity contribution in [1.82, 2.24) is 15.3 Å². The fourth-order valence-corrected chi connectivity index (χ4v) is 5.52. The van der Waals surface area contributed by atoms with E-state index >= 15 is 0 Å². The van der Waals surface area contributed by atoms with Gasteiger partial charge in [-0.2, -0.15) is 13.2 Å². The number of fused-ring (bicyclic) bond motifs is 2. The Bertz CT molecular complexity index is 2000. The summed E-state index contributed by atoms with van der Waals surface area (Å²) < 4.78 is 63.9. The van der Waals surface area contributed by atoms with Crippen LogP contribution in [0.1, 0.15) is 53.9 Å². The molecule has 0 saturated heterocycles. The maximum Gasteiger partial charge on any atom is 0.424 e. The number of carbonyl (C=O) groups is 3. The van der Waals surface area contributed by atoms with Crippen molar-refractivity contribution < 1.29 is 41.8 Å². The molecule has 1 fully saturated rings. The van der Waals surface area contributed by atoms with Crippen LogP contribution in [-0.4, -0.2) is 52.1 Å². The number of hydrogen-bond donors (Lipinski definition) is 4. The number of benzene rings is 2. The van der Waals surface area contributed by atoms with Crippen molar-refractivity contribution in [3.63, 3.8) is 0 Å². The quantitative estimate of drug-likeness (QED) is 0.197. The maximum absolute atomic E-state index is 14.8. The Morgan fingerprint density at radius 3 is 2.38 bits per heavy atom. The zero-order chi connectivity index (χ0) is 34.8. The van der Waals surface area contributed by atoms with E-state index in [1.807, 2.05) is 0 Å². The summed E-state index contributed by atoms with van der Waals surface area (Å²) in [4.78, 5) is 47.3. The molecule has 6 rings (SSSR count). The number of alkyl halides is 3. The lowest BCUT2D eigenvalue weighted by Gasteiger charge is -2.31. The molecule has 2 aromatic heterocycles. The topological polar surface area (TPSA) is 157 Å². The number of halogens is 4. The Hall–Kier alpha value is -5.11. The van der Waals surface area contributed by atoms with Crippen molar-refractivity contribution in [3.05, 3.63) is 82.9 Å². The average Bonchev–Trinajstić information content (AvgIpc) is 3.70. The lowest BCUT2D eigenvalue weighted by Crippen LogP contribution is -2.51. The van der Waals surface area contributed by atoms with E-state index < -0.39 is 52.5 Å². The predicted molar refractivity (Wildman–Crippen MR) is 166 cm³/mol. The average molecular weight is 666 g/mol. The monoisotopic (exact) mass is 665 g/mol. The van der Waals surface area contributed by atoms with E-state index in [9.17, 15) is 37.1 Å². The highest BCUT2D eigenvalue weighted by atomic mass is 19.4. The van der Waals surface area contributed by atoms with Gasteiger partial charge in [-0.3, -0.25) is 19.4 Å². The molecule has 0 radical (unpaired) electrons. The summed E-state index contributed by atoms with van der Waals surface area (Å²) in [6.45, 7) is 3.24. The Balaban J connectivity index is 1.40. The van der Waals surface area contributed by atoms with Gasteiger partial charge in [0.2, 0.25) is 17.4 Å². The number of hydrogen-bond acceptors (Lipinski definition) is 7. The van der Waals surface area contributed by atoms with E-state index in [-0.39, 0.29) is 46.3 Å². The standard InChI is InChI=1S/C34H31F4N5O5/c1-17-10-19-11-20(12-23(25(19)40-14-17)42-30(46)31(2)8-9-31)28(44)41-15-33(47,34(36,37)38)24-13-22-27(48-16-32(22,3)29(39)45)26(43-24)18-4-6-21(35)7-5-18/h4-7,10-14,47H,8-9,15-16H2,1-3H3,(H2,39,45)(H,41,44)(H,42,46)/t32-,33-/m0/s1. The van der Waals surface area contributed by atoms with Gasteiger partial charge in [-0.15, -0.1) is 0 Å². The highest BCUT2D eigenvalue weighted by molar-refractivity contribution is 6.07. The highest BCUT2D eigenvalue weighted by Crippen LogP contribution is 2.48. The van der Waals surface area contributed by atoms with Gasteiger partial charge in [0.25, 0.3) is 5.91 Å². The van der Waals surface area contributed by atoms with Crippen molar-refractivity contribution in [2.45, 2.75) is 50.8 Å². The van der Waals surface area contributed by atoms with E-state index in [0.29, 0.717) is 23.7 Å². The molecule has 10 nitrogen and oxygen atoms in total. The molecule has 2 atom stereocenters. The second-order valence-corrected chi connectivity index (χ2v) is 12.9.